The highest BCUT2D eigenvalue weighted by atomic mass is 19.2. The van der Waals surface area contributed by atoms with Gasteiger partial charge in [0.05, 0.1) is 0 Å². The monoisotopic (exact) mass is 281 g/mol. The first-order valence-corrected chi connectivity index (χ1v) is 7.83. The fourth-order valence-electron chi connectivity index (χ4n) is 3.30. The van der Waals surface area contributed by atoms with E-state index >= 15 is 0 Å². The third kappa shape index (κ3) is 3.38. The Hall–Kier alpha value is -0.960. The van der Waals surface area contributed by atoms with Crippen LogP contribution in [-0.4, -0.2) is 6.54 Å². The highest BCUT2D eigenvalue weighted by Crippen LogP contribution is 2.35. The Morgan fingerprint density at radius 1 is 1.10 bits per heavy atom. The van der Waals surface area contributed by atoms with Gasteiger partial charge in [-0.05, 0) is 37.8 Å². The predicted octanol–water partition coefficient (Wildman–Crippen LogP) is 4.89. The zero-order valence-electron chi connectivity index (χ0n) is 12.5. The van der Waals surface area contributed by atoms with Gasteiger partial charge in [0, 0.05) is 11.6 Å². The molecule has 1 aliphatic rings. The minimum absolute atomic E-state index is 0.0619. The molecule has 0 spiro atoms. The highest BCUT2D eigenvalue weighted by molar-refractivity contribution is 5.28. The third-order valence-corrected chi connectivity index (χ3v) is 4.44. The van der Waals surface area contributed by atoms with Gasteiger partial charge < -0.3 is 5.32 Å². The predicted molar refractivity (Wildman–Crippen MR) is 78.7 cm³/mol. The lowest BCUT2D eigenvalue weighted by atomic mass is 9.86. The summed E-state index contributed by atoms with van der Waals surface area (Å²) in [5.41, 5.74) is 0.879. The van der Waals surface area contributed by atoms with Gasteiger partial charge in [0.25, 0.3) is 0 Å². The Labute approximate surface area is 120 Å². The van der Waals surface area contributed by atoms with Crippen molar-refractivity contribution in [1.82, 2.24) is 5.32 Å². The Balaban J connectivity index is 2.29. The van der Waals surface area contributed by atoms with E-state index in [4.69, 9.17) is 0 Å². The topological polar surface area (TPSA) is 12.0 Å². The quantitative estimate of drug-likeness (QED) is 0.774. The number of rotatable bonds is 4. The largest absolute Gasteiger partial charge is 0.310 e. The van der Waals surface area contributed by atoms with Crippen molar-refractivity contribution in [1.29, 1.82) is 0 Å². The molecule has 1 fully saturated rings. The summed E-state index contributed by atoms with van der Waals surface area (Å²) in [6.45, 7) is 4.40. The first-order valence-electron chi connectivity index (χ1n) is 7.83. The average Bonchev–Trinajstić information content (AvgIpc) is 2.72. The molecule has 3 heteroatoms. The van der Waals surface area contributed by atoms with Crippen molar-refractivity contribution >= 4 is 0 Å². The van der Waals surface area contributed by atoms with Gasteiger partial charge in [-0.1, -0.05) is 44.7 Å². The van der Waals surface area contributed by atoms with Crippen molar-refractivity contribution in [2.45, 2.75) is 58.4 Å². The van der Waals surface area contributed by atoms with Crippen molar-refractivity contribution in [2.75, 3.05) is 6.54 Å². The maximum Gasteiger partial charge on any atom is 0.163 e. The van der Waals surface area contributed by atoms with Crippen molar-refractivity contribution in [3.8, 4) is 0 Å². The lowest BCUT2D eigenvalue weighted by Gasteiger charge is -2.28. The molecule has 0 radical (unpaired) electrons. The summed E-state index contributed by atoms with van der Waals surface area (Å²) in [5, 5.41) is 3.38. The van der Waals surface area contributed by atoms with Gasteiger partial charge in [-0.3, -0.25) is 0 Å². The molecule has 0 bridgehead atoms. The van der Waals surface area contributed by atoms with Crippen LogP contribution in [-0.2, 0) is 0 Å². The standard InChI is InChI=1S/C17H25F2N/c1-3-20-17(13-8-6-4-5-7-9-13)14-11-10-12(2)15(18)16(14)19/h10-11,13,17,20H,3-9H2,1-2H3. The van der Waals surface area contributed by atoms with Gasteiger partial charge in [-0.15, -0.1) is 0 Å². The maximum atomic E-state index is 14.3. The SMILES string of the molecule is CCNC(c1ccc(C)c(F)c1F)C1CCCCCC1. The zero-order chi connectivity index (χ0) is 14.5. The number of halogens is 2. The number of nitrogens with one attached hydrogen (secondary N) is 1. The van der Waals surface area contributed by atoms with Crippen LogP contribution in [0.5, 0.6) is 0 Å². The molecule has 112 valence electrons. The van der Waals surface area contributed by atoms with E-state index in [2.05, 4.69) is 5.32 Å². The molecule has 1 aromatic rings. The number of hydrogen-bond donors (Lipinski definition) is 1. The molecule has 0 aliphatic heterocycles. The van der Waals surface area contributed by atoms with Crippen molar-refractivity contribution in [3.05, 3.63) is 34.9 Å². The van der Waals surface area contributed by atoms with Crippen LogP contribution < -0.4 is 5.32 Å². The second kappa shape index (κ2) is 7.16. The van der Waals surface area contributed by atoms with Crippen LogP contribution in [0.3, 0.4) is 0 Å². The Morgan fingerprint density at radius 3 is 2.35 bits per heavy atom. The average molecular weight is 281 g/mol. The van der Waals surface area contributed by atoms with Gasteiger partial charge in [0.1, 0.15) is 0 Å². The molecule has 1 saturated carbocycles. The van der Waals surface area contributed by atoms with Crippen LogP contribution in [0.25, 0.3) is 0 Å². The second-order valence-electron chi connectivity index (χ2n) is 5.89. The minimum Gasteiger partial charge on any atom is -0.310 e. The third-order valence-electron chi connectivity index (χ3n) is 4.44. The molecule has 1 atom stereocenters. The lowest BCUT2D eigenvalue weighted by molar-refractivity contribution is 0.318. The Kier molecular flexibility index (Phi) is 5.53. The van der Waals surface area contributed by atoms with E-state index in [1.807, 2.05) is 6.92 Å². The van der Waals surface area contributed by atoms with Gasteiger partial charge in [0.15, 0.2) is 11.6 Å². The fraction of sp³-hybridized carbons (Fsp3) is 0.647. The highest BCUT2D eigenvalue weighted by Gasteiger charge is 2.27. The first-order chi connectivity index (χ1) is 9.65. The molecule has 1 nitrogen and oxygen atoms in total. The fourth-order valence-corrected chi connectivity index (χ4v) is 3.30. The summed E-state index contributed by atoms with van der Waals surface area (Å²) < 4.78 is 28.1. The van der Waals surface area contributed by atoms with Crippen molar-refractivity contribution in [2.24, 2.45) is 5.92 Å². The molecule has 1 aromatic carbocycles. The van der Waals surface area contributed by atoms with Crippen LogP contribution >= 0.6 is 0 Å². The summed E-state index contributed by atoms with van der Waals surface area (Å²) in [6, 6.07) is 3.38. The maximum absolute atomic E-state index is 14.3. The van der Waals surface area contributed by atoms with E-state index in [0.717, 1.165) is 19.4 Å². The molecule has 2 rings (SSSR count). The van der Waals surface area contributed by atoms with Crippen LogP contribution in [0.1, 0.15) is 62.6 Å². The summed E-state index contributed by atoms with van der Waals surface area (Å²) in [6.07, 6.45) is 7.13. The normalized spacial score (nSPS) is 18.8. The number of aryl methyl sites for hydroxylation is 1. The zero-order valence-corrected chi connectivity index (χ0v) is 12.5. The van der Waals surface area contributed by atoms with Gasteiger partial charge >= 0.3 is 0 Å². The summed E-state index contributed by atoms with van der Waals surface area (Å²) in [7, 11) is 0. The van der Waals surface area contributed by atoms with E-state index in [1.54, 1.807) is 19.1 Å². The molecule has 20 heavy (non-hydrogen) atoms. The minimum atomic E-state index is -0.695. The van der Waals surface area contributed by atoms with Crippen LogP contribution in [0, 0.1) is 24.5 Å². The van der Waals surface area contributed by atoms with Gasteiger partial charge in [0.2, 0.25) is 0 Å². The lowest BCUT2D eigenvalue weighted by Crippen LogP contribution is -2.29. The molecule has 1 unspecified atom stereocenters. The van der Waals surface area contributed by atoms with Crippen molar-refractivity contribution < 1.29 is 8.78 Å². The van der Waals surface area contributed by atoms with E-state index in [9.17, 15) is 8.78 Å². The van der Waals surface area contributed by atoms with E-state index in [-0.39, 0.29) is 6.04 Å². The van der Waals surface area contributed by atoms with E-state index in [0.29, 0.717) is 17.0 Å². The van der Waals surface area contributed by atoms with E-state index in [1.165, 1.54) is 25.7 Å². The van der Waals surface area contributed by atoms with Crippen LogP contribution in [0.2, 0.25) is 0 Å². The summed E-state index contributed by atoms with van der Waals surface area (Å²) in [4.78, 5) is 0. The Morgan fingerprint density at radius 2 is 1.75 bits per heavy atom. The molecule has 0 saturated heterocycles. The Bertz CT molecular complexity index is 437. The number of benzene rings is 1. The second-order valence-corrected chi connectivity index (χ2v) is 5.89. The van der Waals surface area contributed by atoms with Crippen molar-refractivity contribution in [3.63, 3.8) is 0 Å². The van der Waals surface area contributed by atoms with E-state index < -0.39 is 11.6 Å². The van der Waals surface area contributed by atoms with Crippen LogP contribution in [0.15, 0.2) is 12.1 Å². The summed E-state index contributed by atoms with van der Waals surface area (Å²) >= 11 is 0. The molecule has 1 N–H and O–H groups in total. The molecular weight excluding hydrogens is 256 g/mol. The molecule has 0 amide bonds. The first kappa shape index (κ1) is 15.4. The molecular formula is C17H25F2N. The molecule has 1 aliphatic carbocycles. The van der Waals surface area contributed by atoms with Gasteiger partial charge in [-0.2, -0.15) is 0 Å². The number of hydrogen-bond acceptors (Lipinski definition) is 1. The molecule has 0 aromatic heterocycles. The molecule has 0 heterocycles. The van der Waals surface area contributed by atoms with Crippen LogP contribution in [0.4, 0.5) is 8.78 Å². The smallest absolute Gasteiger partial charge is 0.163 e. The summed E-state index contributed by atoms with van der Waals surface area (Å²) in [5.74, 6) is -0.951. The van der Waals surface area contributed by atoms with Gasteiger partial charge in [-0.25, -0.2) is 8.78 Å².